The van der Waals surface area contributed by atoms with Gasteiger partial charge in [0.25, 0.3) is 0 Å². The molecule has 0 fully saturated rings. The quantitative estimate of drug-likeness (QED) is 0.753. The molecule has 0 aromatic carbocycles. The Morgan fingerprint density at radius 2 is 2.15 bits per heavy atom. The first-order valence-electron chi connectivity index (χ1n) is 7.06. The fourth-order valence-electron chi connectivity index (χ4n) is 1.88. The van der Waals surface area contributed by atoms with E-state index in [4.69, 9.17) is 0 Å². The normalized spacial score (nSPS) is 20.7. The zero-order chi connectivity index (χ0) is 15.0. The molecule has 0 bridgehead atoms. The van der Waals surface area contributed by atoms with Gasteiger partial charge in [-0.3, -0.25) is 4.99 Å². The number of nitrogens with one attached hydrogen (secondary N) is 1. The summed E-state index contributed by atoms with van der Waals surface area (Å²) in [4.78, 5) is 8.58. The third-order valence-corrected chi connectivity index (χ3v) is 2.99. The predicted molar refractivity (Wildman–Crippen MR) is 89.2 cm³/mol. The van der Waals surface area contributed by atoms with E-state index in [1.165, 1.54) is 5.57 Å². The number of hydrogen-bond acceptors (Lipinski definition) is 2. The molecule has 1 heterocycles. The molecule has 1 aliphatic rings. The van der Waals surface area contributed by atoms with E-state index in [1.54, 1.807) is 13.2 Å². The van der Waals surface area contributed by atoms with Crippen LogP contribution in [0.5, 0.6) is 0 Å². The molecule has 0 saturated heterocycles. The maximum absolute atomic E-state index is 4.41. The molecular formula is C17H25N3. The van der Waals surface area contributed by atoms with Gasteiger partial charge in [-0.05, 0) is 43.4 Å². The van der Waals surface area contributed by atoms with Crippen LogP contribution in [-0.4, -0.2) is 19.1 Å². The van der Waals surface area contributed by atoms with Gasteiger partial charge in [0.2, 0.25) is 0 Å². The summed E-state index contributed by atoms with van der Waals surface area (Å²) >= 11 is 0. The van der Waals surface area contributed by atoms with E-state index in [9.17, 15) is 0 Å². The third-order valence-electron chi connectivity index (χ3n) is 2.99. The van der Waals surface area contributed by atoms with Crippen molar-refractivity contribution in [1.29, 1.82) is 0 Å². The minimum Gasteiger partial charge on any atom is -0.346 e. The van der Waals surface area contributed by atoms with Crippen molar-refractivity contribution in [2.24, 2.45) is 15.9 Å². The molecule has 3 heteroatoms. The second kappa shape index (κ2) is 8.31. The van der Waals surface area contributed by atoms with Gasteiger partial charge in [-0.15, -0.1) is 0 Å². The average Bonchev–Trinajstić information content (AvgIpc) is 2.88. The third kappa shape index (κ3) is 4.65. The van der Waals surface area contributed by atoms with E-state index in [1.807, 2.05) is 25.4 Å². The number of amidine groups is 1. The van der Waals surface area contributed by atoms with Crippen molar-refractivity contribution >= 4 is 12.1 Å². The first-order chi connectivity index (χ1) is 9.60. The summed E-state index contributed by atoms with van der Waals surface area (Å²) in [5.74, 6) is 1.53. The largest absolute Gasteiger partial charge is 0.346 e. The van der Waals surface area contributed by atoms with Crippen LogP contribution in [0.2, 0.25) is 0 Å². The molecule has 0 radical (unpaired) electrons. The Hall–Kier alpha value is -1.90. The molecule has 0 atom stereocenters. The van der Waals surface area contributed by atoms with E-state index in [2.05, 4.69) is 48.2 Å². The lowest BCUT2D eigenvalue weighted by atomic mass is 9.99. The fourth-order valence-corrected chi connectivity index (χ4v) is 1.88. The molecule has 1 N–H and O–H groups in total. The minimum absolute atomic E-state index is 0.640. The van der Waals surface area contributed by atoms with Crippen LogP contribution in [0.3, 0.4) is 0 Å². The molecule has 108 valence electrons. The highest BCUT2D eigenvalue weighted by Gasteiger charge is 2.13. The van der Waals surface area contributed by atoms with E-state index in [-0.39, 0.29) is 0 Å². The van der Waals surface area contributed by atoms with Crippen molar-refractivity contribution in [3.8, 4) is 0 Å². The highest BCUT2D eigenvalue weighted by Crippen LogP contribution is 2.19. The molecule has 20 heavy (non-hydrogen) atoms. The lowest BCUT2D eigenvalue weighted by molar-refractivity contribution is 0.663. The topological polar surface area (TPSA) is 36.8 Å². The molecule has 0 aromatic heterocycles. The molecule has 0 unspecified atom stereocenters. The Morgan fingerprint density at radius 1 is 1.40 bits per heavy atom. The second-order valence-electron chi connectivity index (χ2n) is 5.15. The van der Waals surface area contributed by atoms with E-state index >= 15 is 0 Å². The van der Waals surface area contributed by atoms with Crippen LogP contribution in [0.15, 0.2) is 57.3 Å². The van der Waals surface area contributed by atoms with Crippen molar-refractivity contribution in [3.63, 3.8) is 0 Å². The summed E-state index contributed by atoms with van der Waals surface area (Å²) in [7, 11) is 1.80. The zero-order valence-corrected chi connectivity index (χ0v) is 13.1. The van der Waals surface area contributed by atoms with Gasteiger partial charge in [-0.2, -0.15) is 0 Å². The average molecular weight is 271 g/mol. The smallest absolute Gasteiger partial charge is 0.137 e. The highest BCUT2D eigenvalue weighted by atomic mass is 15.0. The van der Waals surface area contributed by atoms with Crippen molar-refractivity contribution in [1.82, 2.24) is 5.32 Å². The predicted octanol–water partition coefficient (Wildman–Crippen LogP) is 4.03. The molecule has 0 aromatic rings. The summed E-state index contributed by atoms with van der Waals surface area (Å²) in [6.07, 6.45) is 12.9. The van der Waals surface area contributed by atoms with Crippen LogP contribution < -0.4 is 5.32 Å². The van der Waals surface area contributed by atoms with Gasteiger partial charge in [0, 0.05) is 31.2 Å². The second-order valence-corrected chi connectivity index (χ2v) is 5.15. The molecule has 1 rings (SSSR count). The Morgan fingerprint density at radius 3 is 2.75 bits per heavy atom. The monoisotopic (exact) mass is 271 g/mol. The lowest BCUT2D eigenvalue weighted by Gasteiger charge is -2.08. The zero-order valence-electron chi connectivity index (χ0n) is 13.1. The van der Waals surface area contributed by atoms with Gasteiger partial charge in [0.15, 0.2) is 0 Å². The molecule has 1 aliphatic heterocycles. The van der Waals surface area contributed by atoms with Crippen molar-refractivity contribution in [2.75, 3.05) is 7.05 Å². The number of allylic oxidation sites excluding steroid dienone is 4. The Bertz CT molecular complexity index is 500. The summed E-state index contributed by atoms with van der Waals surface area (Å²) in [5.41, 5.74) is 3.48. The van der Waals surface area contributed by atoms with Crippen LogP contribution in [-0.2, 0) is 0 Å². The molecule has 0 saturated carbocycles. The summed E-state index contributed by atoms with van der Waals surface area (Å²) < 4.78 is 0. The van der Waals surface area contributed by atoms with Crippen LogP contribution in [0.4, 0.5) is 0 Å². The van der Waals surface area contributed by atoms with Crippen LogP contribution in [0, 0.1) is 5.92 Å². The Labute approximate surface area is 122 Å². The van der Waals surface area contributed by atoms with E-state index in [0.717, 1.165) is 23.4 Å². The molecular weight excluding hydrogens is 246 g/mol. The van der Waals surface area contributed by atoms with Crippen LogP contribution >= 0.6 is 0 Å². The maximum Gasteiger partial charge on any atom is 0.137 e. The van der Waals surface area contributed by atoms with Crippen LogP contribution in [0.1, 0.15) is 34.1 Å². The lowest BCUT2D eigenvalue weighted by Crippen LogP contribution is -2.14. The summed E-state index contributed by atoms with van der Waals surface area (Å²) in [6, 6.07) is 0. The van der Waals surface area contributed by atoms with Gasteiger partial charge in [-0.25, -0.2) is 4.99 Å². The minimum atomic E-state index is 0.640. The molecule has 0 aliphatic carbocycles. The standard InChI is InChI=1S/C17H25N3/c1-6-10-19-17-16(9-11-20-17)14(4)15(12-18-5)8-7-13(2)3/h6,8-13H,7H2,1-5H3,(H,19,20)/b10-6+,15-8?,16-14+,18-12?. The van der Waals surface area contributed by atoms with E-state index in [0.29, 0.717) is 5.92 Å². The first kappa shape index (κ1) is 16.2. The molecule has 0 amide bonds. The van der Waals surface area contributed by atoms with Gasteiger partial charge < -0.3 is 5.32 Å². The van der Waals surface area contributed by atoms with Gasteiger partial charge >= 0.3 is 0 Å². The van der Waals surface area contributed by atoms with Crippen molar-refractivity contribution < 1.29 is 0 Å². The van der Waals surface area contributed by atoms with Crippen molar-refractivity contribution in [3.05, 3.63) is 47.3 Å². The Balaban J connectivity index is 3.14. The number of aliphatic imine (C=N–C) groups is 2. The summed E-state index contributed by atoms with van der Waals surface area (Å²) in [5, 5.41) is 3.17. The SMILES string of the molecule is C/C=C/N=C1\NC=C\C1=C(\C)C(C=NC)=CCC(C)C. The van der Waals surface area contributed by atoms with Crippen LogP contribution in [0.25, 0.3) is 0 Å². The van der Waals surface area contributed by atoms with Crippen molar-refractivity contribution in [2.45, 2.75) is 34.1 Å². The number of rotatable bonds is 5. The number of nitrogens with zero attached hydrogens (tertiary/aromatic N) is 2. The molecule has 0 spiro atoms. The maximum atomic E-state index is 4.41. The van der Waals surface area contributed by atoms with E-state index < -0.39 is 0 Å². The van der Waals surface area contributed by atoms with Gasteiger partial charge in [0.1, 0.15) is 5.84 Å². The highest BCUT2D eigenvalue weighted by molar-refractivity contribution is 6.06. The first-order valence-corrected chi connectivity index (χ1v) is 7.06. The fraction of sp³-hybridized carbons (Fsp3) is 0.412. The Kier molecular flexibility index (Phi) is 6.71. The van der Waals surface area contributed by atoms with Gasteiger partial charge in [0.05, 0.1) is 0 Å². The summed E-state index contributed by atoms with van der Waals surface area (Å²) in [6.45, 7) is 8.51. The molecule has 3 nitrogen and oxygen atoms in total. The number of hydrogen-bond donors (Lipinski definition) is 1. The van der Waals surface area contributed by atoms with Gasteiger partial charge in [-0.1, -0.05) is 26.0 Å².